The summed E-state index contributed by atoms with van der Waals surface area (Å²) in [6.45, 7) is 6.26. The number of hydrogen-bond donors (Lipinski definition) is 1. The van der Waals surface area contributed by atoms with Gasteiger partial charge in [-0.1, -0.05) is 20.8 Å². The largest absolute Gasteiger partial charge is 0.347 e. The Bertz CT molecular complexity index is 328. The molecule has 72 valence electrons. The van der Waals surface area contributed by atoms with E-state index in [0.717, 1.165) is 18.7 Å². The van der Waals surface area contributed by atoms with Crippen LogP contribution < -0.4 is 5.69 Å². The van der Waals surface area contributed by atoms with Gasteiger partial charge in [0.2, 0.25) is 0 Å². The summed E-state index contributed by atoms with van der Waals surface area (Å²) in [6.07, 6.45) is 3.23. The van der Waals surface area contributed by atoms with Crippen molar-refractivity contribution in [2.24, 2.45) is 0 Å². The van der Waals surface area contributed by atoms with Gasteiger partial charge in [0.1, 0.15) is 12.2 Å². The minimum atomic E-state index is -0.321. The van der Waals surface area contributed by atoms with E-state index >= 15 is 0 Å². The standard InChI is InChI=1S/C9H15N3O/c1-4-9(3,5-2)7-10-6-11-8(13)12-7/h6H,4-5H2,1-3H3,(H,10,11,12,13). The minimum Gasteiger partial charge on any atom is -0.293 e. The van der Waals surface area contributed by atoms with Crippen molar-refractivity contribution in [3.05, 3.63) is 22.6 Å². The summed E-state index contributed by atoms with van der Waals surface area (Å²) in [4.78, 5) is 21.2. The summed E-state index contributed by atoms with van der Waals surface area (Å²) < 4.78 is 0. The van der Waals surface area contributed by atoms with Crippen molar-refractivity contribution in [3.63, 3.8) is 0 Å². The first kappa shape index (κ1) is 9.89. The maximum Gasteiger partial charge on any atom is 0.347 e. The fraction of sp³-hybridized carbons (Fsp3) is 0.667. The van der Waals surface area contributed by atoms with Crippen LogP contribution in [-0.2, 0) is 5.41 Å². The Morgan fingerprint density at radius 1 is 1.38 bits per heavy atom. The quantitative estimate of drug-likeness (QED) is 0.763. The normalized spacial score (nSPS) is 11.6. The number of nitrogens with one attached hydrogen (secondary N) is 1. The Morgan fingerprint density at radius 2 is 2.00 bits per heavy atom. The number of nitrogens with zero attached hydrogens (tertiary/aromatic N) is 2. The lowest BCUT2D eigenvalue weighted by atomic mass is 9.84. The van der Waals surface area contributed by atoms with Crippen molar-refractivity contribution < 1.29 is 0 Å². The van der Waals surface area contributed by atoms with Crippen LogP contribution in [0.2, 0.25) is 0 Å². The Kier molecular flexibility index (Phi) is 2.80. The van der Waals surface area contributed by atoms with E-state index in [1.54, 1.807) is 0 Å². The molecule has 0 saturated heterocycles. The molecule has 0 fully saturated rings. The zero-order chi connectivity index (χ0) is 9.90. The van der Waals surface area contributed by atoms with Gasteiger partial charge in [0.25, 0.3) is 0 Å². The minimum absolute atomic E-state index is 0.0396. The maximum absolute atomic E-state index is 11.0. The molecule has 0 aliphatic rings. The zero-order valence-corrected chi connectivity index (χ0v) is 8.29. The van der Waals surface area contributed by atoms with Gasteiger partial charge in [-0.3, -0.25) is 4.98 Å². The molecule has 0 saturated carbocycles. The first-order valence-corrected chi connectivity index (χ1v) is 4.54. The van der Waals surface area contributed by atoms with Gasteiger partial charge in [0.05, 0.1) is 0 Å². The molecule has 0 amide bonds. The monoisotopic (exact) mass is 181 g/mol. The van der Waals surface area contributed by atoms with E-state index in [1.165, 1.54) is 6.33 Å². The number of H-pyrrole nitrogens is 1. The zero-order valence-electron chi connectivity index (χ0n) is 8.29. The average Bonchev–Trinajstić information content (AvgIpc) is 2.17. The highest BCUT2D eigenvalue weighted by atomic mass is 16.1. The first-order valence-electron chi connectivity index (χ1n) is 4.54. The number of aromatic amines is 1. The van der Waals surface area contributed by atoms with Gasteiger partial charge in [-0.05, 0) is 12.8 Å². The van der Waals surface area contributed by atoms with Crippen molar-refractivity contribution in [1.29, 1.82) is 0 Å². The third kappa shape index (κ3) is 1.94. The van der Waals surface area contributed by atoms with E-state index in [2.05, 4.69) is 35.7 Å². The second-order valence-electron chi connectivity index (χ2n) is 3.42. The van der Waals surface area contributed by atoms with E-state index < -0.39 is 0 Å². The molecule has 0 unspecified atom stereocenters. The molecule has 0 bridgehead atoms. The molecule has 0 radical (unpaired) electrons. The molecule has 1 rings (SSSR count). The van der Waals surface area contributed by atoms with Crippen molar-refractivity contribution in [2.45, 2.75) is 39.0 Å². The molecule has 0 spiro atoms. The molecule has 0 aliphatic carbocycles. The summed E-state index contributed by atoms with van der Waals surface area (Å²) in [5, 5.41) is 0. The molecule has 4 nitrogen and oxygen atoms in total. The predicted octanol–water partition coefficient (Wildman–Crippen LogP) is 1.24. The molecule has 0 aromatic carbocycles. The highest BCUT2D eigenvalue weighted by Crippen LogP contribution is 2.26. The number of rotatable bonds is 3. The summed E-state index contributed by atoms with van der Waals surface area (Å²) in [5.74, 6) is 0.734. The lowest BCUT2D eigenvalue weighted by Crippen LogP contribution is -2.27. The Hall–Kier alpha value is -1.19. The van der Waals surface area contributed by atoms with E-state index in [-0.39, 0.29) is 11.1 Å². The van der Waals surface area contributed by atoms with Crippen LogP contribution in [0.5, 0.6) is 0 Å². The van der Waals surface area contributed by atoms with Crippen LogP contribution in [0.4, 0.5) is 0 Å². The van der Waals surface area contributed by atoms with Crippen LogP contribution in [-0.4, -0.2) is 15.0 Å². The van der Waals surface area contributed by atoms with E-state index in [0.29, 0.717) is 0 Å². The van der Waals surface area contributed by atoms with Gasteiger partial charge in [-0.2, -0.15) is 4.98 Å². The molecule has 1 aromatic rings. The maximum atomic E-state index is 11.0. The lowest BCUT2D eigenvalue weighted by molar-refractivity contribution is 0.408. The highest BCUT2D eigenvalue weighted by molar-refractivity contribution is 5.02. The van der Waals surface area contributed by atoms with Crippen LogP contribution in [0, 0.1) is 0 Å². The fourth-order valence-corrected chi connectivity index (χ4v) is 1.20. The average molecular weight is 181 g/mol. The van der Waals surface area contributed by atoms with Gasteiger partial charge >= 0.3 is 5.69 Å². The molecular weight excluding hydrogens is 166 g/mol. The fourth-order valence-electron chi connectivity index (χ4n) is 1.20. The Labute approximate surface area is 77.4 Å². The van der Waals surface area contributed by atoms with Crippen molar-refractivity contribution in [1.82, 2.24) is 15.0 Å². The third-order valence-electron chi connectivity index (χ3n) is 2.72. The van der Waals surface area contributed by atoms with Crippen molar-refractivity contribution >= 4 is 0 Å². The molecule has 13 heavy (non-hydrogen) atoms. The van der Waals surface area contributed by atoms with Crippen LogP contribution >= 0.6 is 0 Å². The van der Waals surface area contributed by atoms with Gasteiger partial charge in [-0.25, -0.2) is 9.78 Å². The third-order valence-corrected chi connectivity index (χ3v) is 2.72. The van der Waals surface area contributed by atoms with Crippen LogP contribution in [0.15, 0.2) is 11.1 Å². The summed E-state index contributed by atoms with van der Waals surface area (Å²) in [6, 6.07) is 0. The molecule has 1 aromatic heterocycles. The number of hydrogen-bond acceptors (Lipinski definition) is 3. The van der Waals surface area contributed by atoms with Crippen LogP contribution in [0.3, 0.4) is 0 Å². The van der Waals surface area contributed by atoms with Gasteiger partial charge < -0.3 is 0 Å². The molecular formula is C9H15N3O. The molecule has 1 heterocycles. The lowest BCUT2D eigenvalue weighted by Gasteiger charge is -2.24. The van der Waals surface area contributed by atoms with Crippen molar-refractivity contribution in [2.75, 3.05) is 0 Å². The van der Waals surface area contributed by atoms with Gasteiger partial charge in [0.15, 0.2) is 0 Å². The SMILES string of the molecule is CCC(C)(CC)c1ncnc(=O)[nH]1. The molecule has 1 N–H and O–H groups in total. The number of aromatic nitrogens is 3. The second kappa shape index (κ2) is 3.68. The topological polar surface area (TPSA) is 58.6 Å². The Morgan fingerprint density at radius 3 is 2.46 bits per heavy atom. The molecule has 4 heteroatoms. The molecule has 0 aliphatic heterocycles. The second-order valence-corrected chi connectivity index (χ2v) is 3.42. The van der Waals surface area contributed by atoms with Crippen LogP contribution in [0.25, 0.3) is 0 Å². The van der Waals surface area contributed by atoms with Crippen LogP contribution in [0.1, 0.15) is 39.4 Å². The van der Waals surface area contributed by atoms with Crippen molar-refractivity contribution in [3.8, 4) is 0 Å². The van der Waals surface area contributed by atoms with E-state index in [1.807, 2.05) is 0 Å². The Balaban J connectivity index is 3.12. The predicted molar refractivity (Wildman–Crippen MR) is 50.6 cm³/mol. The summed E-state index contributed by atoms with van der Waals surface area (Å²) >= 11 is 0. The summed E-state index contributed by atoms with van der Waals surface area (Å²) in [7, 11) is 0. The van der Waals surface area contributed by atoms with E-state index in [9.17, 15) is 4.79 Å². The molecule has 0 atom stereocenters. The smallest absolute Gasteiger partial charge is 0.293 e. The van der Waals surface area contributed by atoms with Gasteiger partial charge in [0, 0.05) is 5.41 Å². The highest BCUT2D eigenvalue weighted by Gasteiger charge is 2.24. The van der Waals surface area contributed by atoms with E-state index in [4.69, 9.17) is 0 Å². The first-order chi connectivity index (χ1) is 6.12. The summed E-state index contributed by atoms with van der Waals surface area (Å²) in [5.41, 5.74) is -0.361. The van der Waals surface area contributed by atoms with Gasteiger partial charge in [-0.15, -0.1) is 0 Å².